The van der Waals surface area contributed by atoms with E-state index in [1.807, 2.05) is 6.92 Å². The maximum absolute atomic E-state index is 12.4. The molecule has 166 valence electrons. The number of thiazole rings is 1. The Bertz CT molecular complexity index is 1160. The summed E-state index contributed by atoms with van der Waals surface area (Å²) < 4.78 is 5.77. The number of carboxylic acids is 1. The highest BCUT2D eigenvalue weighted by molar-refractivity contribution is 7.14. The SMILES string of the molecule is CCc1cc(C(C)=O)c(O)cc1OCc1ccc(C(=O)Nc2nc(CC(=O)O)cs2)cn1. The smallest absolute Gasteiger partial charge is 0.309 e. The van der Waals surface area contributed by atoms with Gasteiger partial charge in [0, 0.05) is 17.6 Å². The molecular weight excluding hydrogens is 434 g/mol. The summed E-state index contributed by atoms with van der Waals surface area (Å²) in [6.45, 7) is 3.42. The average Bonchev–Trinajstić information content (AvgIpc) is 3.18. The molecule has 0 aliphatic heterocycles. The molecule has 2 aromatic heterocycles. The van der Waals surface area contributed by atoms with E-state index in [0.717, 1.165) is 16.9 Å². The number of carbonyl (C=O) groups excluding carboxylic acids is 2. The number of anilines is 1. The lowest BCUT2D eigenvalue weighted by atomic mass is 10.0. The monoisotopic (exact) mass is 455 g/mol. The Hall–Kier alpha value is -3.79. The summed E-state index contributed by atoms with van der Waals surface area (Å²) in [6, 6.07) is 6.27. The number of pyridine rings is 1. The van der Waals surface area contributed by atoms with Gasteiger partial charge < -0.3 is 14.9 Å². The summed E-state index contributed by atoms with van der Waals surface area (Å²) >= 11 is 1.14. The number of nitrogens with one attached hydrogen (secondary N) is 1. The molecule has 10 heteroatoms. The normalized spacial score (nSPS) is 10.6. The molecule has 3 aromatic rings. The Morgan fingerprint density at radius 1 is 1.19 bits per heavy atom. The second-order valence-corrected chi connectivity index (χ2v) is 7.74. The first kappa shape index (κ1) is 22.9. The van der Waals surface area contributed by atoms with E-state index in [4.69, 9.17) is 9.84 Å². The van der Waals surface area contributed by atoms with Crippen molar-refractivity contribution < 1.29 is 29.3 Å². The largest absolute Gasteiger partial charge is 0.507 e. The third kappa shape index (κ3) is 5.67. The zero-order valence-electron chi connectivity index (χ0n) is 17.4. The third-order valence-electron chi connectivity index (χ3n) is 4.51. The van der Waals surface area contributed by atoms with Gasteiger partial charge in [-0.2, -0.15) is 0 Å². The molecule has 0 saturated heterocycles. The molecule has 1 aromatic carbocycles. The molecule has 0 radical (unpaired) electrons. The van der Waals surface area contributed by atoms with E-state index in [1.165, 1.54) is 19.2 Å². The first-order valence-electron chi connectivity index (χ1n) is 9.69. The van der Waals surface area contributed by atoms with Gasteiger partial charge in [0.1, 0.15) is 18.1 Å². The zero-order valence-corrected chi connectivity index (χ0v) is 18.2. The van der Waals surface area contributed by atoms with Crippen LogP contribution in [0.2, 0.25) is 0 Å². The van der Waals surface area contributed by atoms with Crippen molar-refractivity contribution in [1.82, 2.24) is 9.97 Å². The number of aliphatic carboxylic acids is 1. The Kier molecular flexibility index (Phi) is 7.16. The van der Waals surface area contributed by atoms with Crippen molar-refractivity contribution in [1.29, 1.82) is 0 Å². The number of Topliss-reactive ketones (excluding diaryl/α,β-unsaturated/α-hetero) is 1. The summed E-state index contributed by atoms with van der Waals surface area (Å²) in [7, 11) is 0. The number of hydrogen-bond donors (Lipinski definition) is 3. The van der Waals surface area contributed by atoms with Gasteiger partial charge in [-0.25, -0.2) is 4.98 Å². The van der Waals surface area contributed by atoms with E-state index >= 15 is 0 Å². The highest BCUT2D eigenvalue weighted by atomic mass is 32.1. The average molecular weight is 455 g/mol. The topological polar surface area (TPSA) is 139 Å². The number of benzene rings is 1. The van der Waals surface area contributed by atoms with Crippen LogP contribution in [0.3, 0.4) is 0 Å². The van der Waals surface area contributed by atoms with E-state index in [2.05, 4.69) is 15.3 Å². The van der Waals surface area contributed by atoms with Gasteiger partial charge in [-0.15, -0.1) is 11.3 Å². The quantitative estimate of drug-likeness (QED) is 0.417. The van der Waals surface area contributed by atoms with Gasteiger partial charge in [0.05, 0.1) is 28.9 Å². The number of nitrogens with zero attached hydrogens (tertiary/aromatic N) is 2. The number of phenols is 1. The van der Waals surface area contributed by atoms with Gasteiger partial charge >= 0.3 is 5.97 Å². The van der Waals surface area contributed by atoms with Crippen molar-refractivity contribution in [3.63, 3.8) is 0 Å². The number of carbonyl (C=O) groups is 3. The molecule has 2 heterocycles. The maximum Gasteiger partial charge on any atom is 0.309 e. The number of amides is 1. The molecule has 3 rings (SSSR count). The van der Waals surface area contributed by atoms with Crippen LogP contribution in [0.15, 0.2) is 35.8 Å². The number of hydrogen-bond acceptors (Lipinski definition) is 8. The fourth-order valence-electron chi connectivity index (χ4n) is 2.87. The molecule has 0 spiro atoms. The molecule has 0 bridgehead atoms. The number of aromatic hydroxyl groups is 1. The minimum absolute atomic E-state index is 0.110. The predicted molar refractivity (Wildman–Crippen MR) is 117 cm³/mol. The van der Waals surface area contributed by atoms with Gasteiger partial charge in [-0.1, -0.05) is 6.92 Å². The summed E-state index contributed by atoms with van der Waals surface area (Å²) in [5, 5.41) is 23.3. The summed E-state index contributed by atoms with van der Waals surface area (Å²) in [4.78, 5) is 43.0. The lowest BCUT2D eigenvalue weighted by Gasteiger charge is -2.13. The molecule has 1 amide bonds. The lowest BCUT2D eigenvalue weighted by molar-refractivity contribution is -0.136. The van der Waals surface area contributed by atoms with Crippen LogP contribution < -0.4 is 10.1 Å². The van der Waals surface area contributed by atoms with Crippen LogP contribution in [0.25, 0.3) is 0 Å². The Balaban J connectivity index is 1.63. The second kappa shape index (κ2) is 10.0. The molecule has 32 heavy (non-hydrogen) atoms. The van der Waals surface area contributed by atoms with Crippen molar-refractivity contribution in [2.75, 3.05) is 5.32 Å². The van der Waals surface area contributed by atoms with Crippen molar-refractivity contribution >= 4 is 34.1 Å². The van der Waals surface area contributed by atoms with E-state index in [1.54, 1.807) is 23.6 Å². The molecule has 0 unspecified atom stereocenters. The summed E-state index contributed by atoms with van der Waals surface area (Å²) in [6.07, 6.45) is 1.81. The minimum atomic E-state index is -0.994. The summed E-state index contributed by atoms with van der Waals surface area (Å²) in [5.41, 5.74) is 2.28. The first-order chi connectivity index (χ1) is 15.3. The lowest BCUT2D eigenvalue weighted by Crippen LogP contribution is -2.13. The fourth-order valence-corrected chi connectivity index (χ4v) is 3.58. The van der Waals surface area contributed by atoms with Crippen molar-refractivity contribution in [3.05, 3.63) is 63.9 Å². The Morgan fingerprint density at radius 2 is 1.97 bits per heavy atom. The standard InChI is InChI=1S/C22H21N3O6S/c1-3-13-6-17(12(2)26)18(27)8-19(13)31-10-15-5-4-14(9-23-15)21(30)25-22-24-16(11-32-22)7-20(28)29/h4-6,8-9,11,27H,3,7,10H2,1-2H3,(H,28,29)(H,24,25,30). The van der Waals surface area contributed by atoms with Crippen LogP contribution >= 0.6 is 11.3 Å². The van der Waals surface area contributed by atoms with Gasteiger partial charge in [0.15, 0.2) is 10.9 Å². The van der Waals surface area contributed by atoms with Crippen molar-refractivity contribution in [3.8, 4) is 11.5 Å². The highest BCUT2D eigenvalue weighted by Crippen LogP contribution is 2.29. The fraction of sp³-hybridized carbons (Fsp3) is 0.227. The minimum Gasteiger partial charge on any atom is -0.507 e. The number of phenolic OH excluding ortho intramolecular Hbond substituents is 1. The van der Waals surface area contributed by atoms with Crippen LogP contribution in [0, 0.1) is 0 Å². The van der Waals surface area contributed by atoms with E-state index in [-0.39, 0.29) is 30.1 Å². The van der Waals surface area contributed by atoms with Gasteiger partial charge in [-0.3, -0.25) is 24.7 Å². The van der Waals surface area contributed by atoms with E-state index < -0.39 is 11.9 Å². The van der Waals surface area contributed by atoms with E-state index in [9.17, 15) is 19.5 Å². The molecule has 0 aliphatic carbocycles. The Morgan fingerprint density at radius 3 is 2.59 bits per heavy atom. The molecule has 3 N–H and O–H groups in total. The number of ether oxygens (including phenoxy) is 1. The molecule has 0 atom stereocenters. The van der Waals surface area contributed by atoms with Crippen LogP contribution in [-0.4, -0.2) is 37.8 Å². The van der Waals surface area contributed by atoms with Gasteiger partial charge in [-0.05, 0) is 37.1 Å². The maximum atomic E-state index is 12.4. The first-order valence-corrected chi connectivity index (χ1v) is 10.6. The van der Waals surface area contributed by atoms with Crippen LogP contribution in [0.5, 0.6) is 11.5 Å². The van der Waals surface area contributed by atoms with Crippen LogP contribution in [0.4, 0.5) is 5.13 Å². The van der Waals surface area contributed by atoms with Crippen LogP contribution in [0.1, 0.15) is 51.5 Å². The molecule has 0 saturated carbocycles. The number of ketones is 1. The molecule has 0 fully saturated rings. The highest BCUT2D eigenvalue weighted by Gasteiger charge is 2.14. The number of aryl methyl sites for hydroxylation is 1. The molecule has 0 aliphatic rings. The third-order valence-corrected chi connectivity index (χ3v) is 5.31. The second-order valence-electron chi connectivity index (χ2n) is 6.88. The molecule has 9 nitrogen and oxygen atoms in total. The molecular formula is C22H21N3O6S. The van der Waals surface area contributed by atoms with Gasteiger partial charge in [0.25, 0.3) is 5.91 Å². The van der Waals surface area contributed by atoms with Crippen LogP contribution in [-0.2, 0) is 24.2 Å². The van der Waals surface area contributed by atoms with Crippen molar-refractivity contribution in [2.24, 2.45) is 0 Å². The van der Waals surface area contributed by atoms with E-state index in [0.29, 0.717) is 34.3 Å². The number of carboxylic acid groups (broad SMARTS) is 1. The number of aromatic nitrogens is 2. The zero-order chi connectivity index (χ0) is 23.3. The summed E-state index contributed by atoms with van der Waals surface area (Å²) in [5.74, 6) is -1.32. The Labute approximate surface area is 187 Å². The van der Waals surface area contributed by atoms with Crippen molar-refractivity contribution in [2.45, 2.75) is 33.3 Å². The predicted octanol–water partition coefficient (Wildman–Crippen LogP) is 3.47. The number of rotatable bonds is 9. The van der Waals surface area contributed by atoms with Gasteiger partial charge in [0.2, 0.25) is 0 Å².